The van der Waals surface area contributed by atoms with E-state index >= 15 is 0 Å². The number of nitrogens with two attached hydrogens (primary N) is 5. The fourth-order valence-electron chi connectivity index (χ4n) is 8.03. The van der Waals surface area contributed by atoms with Crippen LogP contribution in [0.15, 0.2) is 47.8 Å². The highest BCUT2D eigenvalue weighted by Crippen LogP contribution is 2.13. The summed E-state index contributed by atoms with van der Waals surface area (Å²) in [7, 11) is 0. The Morgan fingerprint density at radius 3 is 1.57 bits per heavy atom. The molecular weight excluding hydrogens is 1040 g/mol. The maximum absolute atomic E-state index is 14.4. The highest BCUT2D eigenvalue weighted by Gasteiger charge is 2.36. The van der Waals surface area contributed by atoms with Crippen molar-refractivity contribution in [3.8, 4) is 0 Å². The first-order valence-electron chi connectivity index (χ1n) is 26.6. The Bertz CT molecular complexity index is 2340. The average Bonchev–Trinajstić information content (AvgIpc) is 3.92. The smallest absolute Gasteiger partial charge is 0.326 e. The van der Waals surface area contributed by atoms with E-state index in [-0.39, 0.29) is 76.5 Å². The molecule has 0 aliphatic rings. The van der Waals surface area contributed by atoms with Crippen LogP contribution in [0.4, 0.5) is 0 Å². The van der Waals surface area contributed by atoms with Crippen LogP contribution in [0.5, 0.6) is 0 Å². The van der Waals surface area contributed by atoms with E-state index in [1.807, 2.05) is 0 Å². The van der Waals surface area contributed by atoms with Crippen LogP contribution in [0, 0.1) is 11.8 Å². The number of H-pyrrole nitrogens is 1. The summed E-state index contributed by atoms with van der Waals surface area (Å²) in [4.78, 5) is 146. The average molecular weight is 1130 g/mol. The number of carbonyl (C=O) groups excluding carboxylic acids is 8. The summed E-state index contributed by atoms with van der Waals surface area (Å²) in [6.07, 6.45) is 3.12. The van der Waals surface area contributed by atoms with Gasteiger partial charge in [0, 0.05) is 31.3 Å². The quantitative estimate of drug-likeness (QED) is 0.0172. The van der Waals surface area contributed by atoms with Crippen LogP contribution in [0.2, 0.25) is 0 Å². The molecule has 1 heterocycles. The molecule has 9 atom stereocenters. The van der Waals surface area contributed by atoms with Crippen molar-refractivity contribution in [1.29, 1.82) is 0 Å². The van der Waals surface area contributed by atoms with Crippen molar-refractivity contribution in [1.82, 2.24) is 52.5 Å². The Hall–Kier alpha value is -7.76. The van der Waals surface area contributed by atoms with Crippen LogP contribution in [-0.4, -0.2) is 171 Å². The fraction of sp³-hybridized carbons (Fsp3) is 0.608. The molecule has 0 spiro atoms. The lowest BCUT2D eigenvalue weighted by Gasteiger charge is -2.29. The summed E-state index contributed by atoms with van der Waals surface area (Å²) >= 11 is 0. The molecule has 1 aromatic heterocycles. The topological polar surface area (TPSA) is 499 Å². The van der Waals surface area contributed by atoms with E-state index in [2.05, 4.69) is 57.5 Å². The molecule has 446 valence electrons. The normalized spacial score (nSPS) is 14.5. The highest BCUT2D eigenvalue weighted by molar-refractivity contribution is 5.98. The van der Waals surface area contributed by atoms with E-state index in [9.17, 15) is 63.3 Å². The van der Waals surface area contributed by atoms with Crippen LogP contribution in [0.1, 0.15) is 103 Å². The Kier molecular flexibility index (Phi) is 31.1. The summed E-state index contributed by atoms with van der Waals surface area (Å²) in [5.74, 6) is -11.1. The summed E-state index contributed by atoms with van der Waals surface area (Å²) < 4.78 is 0. The number of aromatic amines is 1. The summed E-state index contributed by atoms with van der Waals surface area (Å²) in [5, 5.41) is 49.4. The highest BCUT2D eigenvalue weighted by atomic mass is 16.4. The van der Waals surface area contributed by atoms with Crippen LogP contribution in [0.3, 0.4) is 0 Å². The summed E-state index contributed by atoms with van der Waals surface area (Å²) in [6, 6.07) is -4.42. The minimum Gasteiger partial charge on any atom is -0.481 e. The molecule has 29 heteroatoms. The second-order valence-electron chi connectivity index (χ2n) is 20.0. The molecule has 80 heavy (non-hydrogen) atoms. The van der Waals surface area contributed by atoms with Gasteiger partial charge in [-0.25, -0.2) is 9.78 Å². The molecule has 0 fully saturated rings. The largest absolute Gasteiger partial charge is 0.481 e. The predicted octanol–water partition coefficient (Wildman–Crippen LogP) is -4.03. The van der Waals surface area contributed by atoms with E-state index < -0.39 is 133 Å². The molecule has 2 rings (SSSR count). The second kappa shape index (κ2) is 36.4. The van der Waals surface area contributed by atoms with Crippen LogP contribution in [0.25, 0.3) is 0 Å². The van der Waals surface area contributed by atoms with Gasteiger partial charge in [0.1, 0.15) is 54.4 Å². The van der Waals surface area contributed by atoms with Crippen LogP contribution < -0.4 is 71.2 Å². The van der Waals surface area contributed by atoms with Crippen LogP contribution in [-0.2, 0) is 60.8 Å². The van der Waals surface area contributed by atoms with Crippen LogP contribution >= 0.6 is 0 Å². The van der Waals surface area contributed by atoms with Gasteiger partial charge >= 0.3 is 11.9 Å². The minimum atomic E-state index is -1.78. The minimum absolute atomic E-state index is 0.00684. The lowest BCUT2D eigenvalue weighted by molar-refractivity contribution is -0.144. The van der Waals surface area contributed by atoms with Crippen molar-refractivity contribution in [3.05, 3.63) is 54.1 Å². The van der Waals surface area contributed by atoms with Gasteiger partial charge < -0.3 is 91.5 Å². The number of carboxylic acids is 2. The number of hydrogen-bond acceptors (Lipinski definition) is 16. The first kappa shape index (κ1) is 68.3. The van der Waals surface area contributed by atoms with Gasteiger partial charge in [-0.2, -0.15) is 0 Å². The van der Waals surface area contributed by atoms with Gasteiger partial charge in [0.05, 0.1) is 19.4 Å². The molecule has 0 radical (unpaired) electrons. The predicted molar refractivity (Wildman–Crippen MR) is 293 cm³/mol. The zero-order valence-electron chi connectivity index (χ0n) is 45.9. The number of amides is 8. The number of carbonyl (C=O) groups is 10. The molecule has 8 amide bonds. The third-order valence-corrected chi connectivity index (χ3v) is 12.4. The Morgan fingerprint density at radius 1 is 0.588 bits per heavy atom. The Balaban J connectivity index is 2.49. The molecular formula is C51H84N16O13. The molecule has 0 saturated carbocycles. The van der Waals surface area contributed by atoms with Crippen molar-refractivity contribution in [2.75, 3.05) is 26.2 Å². The third kappa shape index (κ3) is 25.8. The number of aliphatic hydroxyl groups is 1. The lowest BCUT2D eigenvalue weighted by Crippen LogP contribution is -2.61. The number of aliphatic imine (C=N–C) groups is 1. The van der Waals surface area contributed by atoms with Gasteiger partial charge in [-0.05, 0) is 88.3 Å². The molecule has 2 aromatic rings. The van der Waals surface area contributed by atoms with Crippen molar-refractivity contribution in [2.45, 2.75) is 159 Å². The fourth-order valence-corrected chi connectivity index (χ4v) is 8.03. The molecule has 29 nitrogen and oxygen atoms in total. The molecule has 0 aliphatic heterocycles. The van der Waals surface area contributed by atoms with E-state index in [0.717, 1.165) is 0 Å². The number of benzene rings is 1. The molecule has 1 aromatic carbocycles. The molecule has 0 aliphatic carbocycles. The number of aliphatic hydroxyl groups excluding tert-OH is 1. The van der Waals surface area contributed by atoms with E-state index in [1.54, 1.807) is 58.0 Å². The number of carboxylic acid groups (broad SMARTS) is 2. The number of aliphatic carboxylic acids is 2. The Morgan fingerprint density at radius 2 is 1.06 bits per heavy atom. The van der Waals surface area contributed by atoms with Gasteiger partial charge in [-0.1, -0.05) is 58.0 Å². The van der Waals surface area contributed by atoms with Gasteiger partial charge in [0.15, 0.2) is 5.96 Å². The first-order chi connectivity index (χ1) is 37.9. The number of guanidine groups is 1. The maximum Gasteiger partial charge on any atom is 0.326 e. The Labute approximate surface area is 464 Å². The molecule has 0 saturated heterocycles. The number of unbranched alkanes of at least 4 members (excludes halogenated alkanes) is 2. The number of aromatic nitrogens is 2. The second-order valence-corrected chi connectivity index (χ2v) is 20.0. The standard InChI is InChI=1S/C51H84N16O13/c1-28(2)21-36(64-47(76)38(23-31-25-57-27-59-31)63-42(71)32(54)26-68)45(74)61-34(17-12-20-58-51(55)56)43(72)60-33(15-8-10-18-52)44(73)67-41(29(3)4)49(78)66-37(22-30-13-6-5-7-14-30)46(75)65-39(24-40(69)70)48(77)62-35(50(79)80)16-9-11-19-53/h5-7,13-14,25,27-29,32-39,41,68H,8-12,15-24,26,52-54H2,1-4H3,(H,57,59)(H,60,72)(H,61,74)(H,62,77)(H,63,71)(H,64,76)(H,65,75)(H,66,78)(H,67,73)(H,69,70)(H,79,80)(H4,55,56,58)/t32-,33-,34-,35-,36-,37-,38-,39-,41-/m0/s1. The molecule has 22 N–H and O–H groups in total. The molecule has 0 unspecified atom stereocenters. The van der Waals surface area contributed by atoms with Crippen molar-refractivity contribution >= 4 is 65.2 Å². The number of nitrogens with zero attached hydrogens (tertiary/aromatic N) is 2. The van der Waals surface area contributed by atoms with E-state index in [4.69, 9.17) is 28.7 Å². The van der Waals surface area contributed by atoms with Crippen molar-refractivity contribution in [3.63, 3.8) is 0 Å². The zero-order chi connectivity index (χ0) is 59.9. The number of imidazole rings is 1. The van der Waals surface area contributed by atoms with Crippen molar-refractivity contribution in [2.24, 2.45) is 45.5 Å². The van der Waals surface area contributed by atoms with Gasteiger partial charge in [0.25, 0.3) is 0 Å². The molecule has 0 bridgehead atoms. The SMILES string of the molecule is CC(C)C[C@H](NC(=O)[C@H](Cc1cnc[nH]1)NC(=O)[C@@H](N)CO)C(=O)N[C@@H](CCCN=C(N)N)C(=O)N[C@@H](CCCCN)C(=O)N[C@H](C(=O)N[C@@H](Cc1ccccc1)C(=O)N[C@@H](CC(=O)O)C(=O)N[C@@H](CCCCN)C(=O)O)C(C)C. The summed E-state index contributed by atoms with van der Waals surface area (Å²) in [5.41, 5.74) is 29.1. The monoisotopic (exact) mass is 1130 g/mol. The number of rotatable bonds is 39. The maximum atomic E-state index is 14.4. The number of nitrogens with one attached hydrogen (secondary N) is 9. The number of hydrogen-bond donors (Lipinski definition) is 17. The zero-order valence-corrected chi connectivity index (χ0v) is 45.9. The van der Waals surface area contributed by atoms with Gasteiger partial charge in [0.2, 0.25) is 47.3 Å². The summed E-state index contributed by atoms with van der Waals surface area (Å²) in [6.45, 7) is 6.58. The van der Waals surface area contributed by atoms with E-state index in [0.29, 0.717) is 36.9 Å². The van der Waals surface area contributed by atoms with Gasteiger partial charge in [-0.3, -0.25) is 48.1 Å². The van der Waals surface area contributed by atoms with Crippen molar-refractivity contribution < 1.29 is 63.3 Å². The lowest BCUT2D eigenvalue weighted by atomic mass is 9.99. The first-order valence-corrected chi connectivity index (χ1v) is 26.6. The third-order valence-electron chi connectivity index (χ3n) is 12.4. The van der Waals surface area contributed by atoms with E-state index in [1.165, 1.54) is 12.5 Å². The van der Waals surface area contributed by atoms with Gasteiger partial charge in [-0.15, -0.1) is 0 Å².